The molecular weight excluding hydrogens is 246 g/mol. The second-order valence-electron chi connectivity index (χ2n) is 4.03. The normalized spacial score (nSPS) is 10.7. The van der Waals surface area contributed by atoms with Gasteiger partial charge < -0.3 is 5.43 Å². The van der Waals surface area contributed by atoms with Crippen molar-refractivity contribution in [3.05, 3.63) is 36.4 Å². The van der Waals surface area contributed by atoms with Crippen molar-refractivity contribution in [2.24, 2.45) is 5.84 Å². The Bertz CT molecular complexity index is 515. The van der Waals surface area contributed by atoms with Crippen LogP contribution in [-0.4, -0.2) is 15.0 Å². The van der Waals surface area contributed by atoms with Crippen LogP contribution in [0.25, 0.3) is 0 Å². The fraction of sp³-hybridized carbons (Fsp3) is 0.250. The molecule has 0 atom stereocenters. The zero-order valence-corrected chi connectivity index (χ0v) is 11.1. The molecule has 6 heteroatoms. The number of anilines is 1. The van der Waals surface area contributed by atoms with Crippen molar-refractivity contribution in [3.8, 4) is 0 Å². The van der Waals surface area contributed by atoms with Crippen LogP contribution in [0.3, 0.4) is 0 Å². The fourth-order valence-electron chi connectivity index (χ4n) is 1.61. The van der Waals surface area contributed by atoms with Gasteiger partial charge in [0.05, 0.1) is 0 Å². The minimum absolute atomic E-state index is 0.293. The SMILES string of the molecule is CC(C)c1c(NN)ncnc1Sc1ccncc1. The lowest BCUT2D eigenvalue weighted by Gasteiger charge is -2.14. The summed E-state index contributed by atoms with van der Waals surface area (Å²) in [4.78, 5) is 13.6. The summed E-state index contributed by atoms with van der Waals surface area (Å²) in [6.07, 6.45) is 5.05. The van der Waals surface area contributed by atoms with Gasteiger partial charge in [-0.1, -0.05) is 25.6 Å². The minimum Gasteiger partial charge on any atom is -0.308 e. The highest BCUT2D eigenvalue weighted by Crippen LogP contribution is 2.34. The molecule has 0 saturated heterocycles. The molecule has 0 saturated carbocycles. The fourth-order valence-corrected chi connectivity index (χ4v) is 2.64. The topological polar surface area (TPSA) is 76.7 Å². The molecule has 18 heavy (non-hydrogen) atoms. The minimum atomic E-state index is 0.293. The van der Waals surface area contributed by atoms with Crippen LogP contribution in [0.2, 0.25) is 0 Å². The van der Waals surface area contributed by atoms with E-state index in [1.165, 1.54) is 6.33 Å². The molecule has 94 valence electrons. The van der Waals surface area contributed by atoms with Gasteiger partial charge in [-0.3, -0.25) is 4.98 Å². The van der Waals surface area contributed by atoms with Gasteiger partial charge in [0.15, 0.2) is 0 Å². The lowest BCUT2D eigenvalue weighted by Crippen LogP contribution is -2.13. The Morgan fingerprint density at radius 2 is 1.94 bits per heavy atom. The molecule has 0 unspecified atom stereocenters. The lowest BCUT2D eigenvalue weighted by atomic mass is 10.1. The van der Waals surface area contributed by atoms with Gasteiger partial charge in [-0.2, -0.15) is 0 Å². The Hall–Kier alpha value is -1.66. The molecule has 0 aliphatic carbocycles. The quantitative estimate of drug-likeness (QED) is 0.500. The second kappa shape index (κ2) is 5.79. The van der Waals surface area contributed by atoms with Gasteiger partial charge >= 0.3 is 0 Å². The van der Waals surface area contributed by atoms with E-state index < -0.39 is 0 Å². The zero-order valence-electron chi connectivity index (χ0n) is 10.3. The van der Waals surface area contributed by atoms with Gasteiger partial charge in [0.1, 0.15) is 17.2 Å². The Morgan fingerprint density at radius 3 is 2.56 bits per heavy atom. The van der Waals surface area contributed by atoms with Crippen molar-refractivity contribution >= 4 is 17.6 Å². The third-order valence-electron chi connectivity index (χ3n) is 2.43. The van der Waals surface area contributed by atoms with Crippen LogP contribution < -0.4 is 11.3 Å². The van der Waals surface area contributed by atoms with E-state index in [1.54, 1.807) is 24.2 Å². The molecule has 0 bridgehead atoms. The summed E-state index contributed by atoms with van der Waals surface area (Å²) >= 11 is 1.59. The molecule has 2 aromatic rings. The summed E-state index contributed by atoms with van der Waals surface area (Å²) < 4.78 is 0. The van der Waals surface area contributed by atoms with Crippen LogP contribution in [0.15, 0.2) is 40.8 Å². The molecule has 2 heterocycles. The van der Waals surface area contributed by atoms with Gasteiger partial charge in [-0.15, -0.1) is 0 Å². The maximum Gasteiger partial charge on any atom is 0.147 e. The predicted octanol–water partition coefficient (Wildman–Crippen LogP) is 2.43. The first-order chi connectivity index (χ1) is 8.72. The average Bonchev–Trinajstić information content (AvgIpc) is 2.39. The van der Waals surface area contributed by atoms with Crippen LogP contribution in [0.5, 0.6) is 0 Å². The molecule has 2 aromatic heterocycles. The first-order valence-electron chi connectivity index (χ1n) is 5.61. The third-order valence-corrected chi connectivity index (χ3v) is 3.45. The highest BCUT2D eigenvalue weighted by atomic mass is 32.2. The van der Waals surface area contributed by atoms with Gasteiger partial charge in [-0.25, -0.2) is 15.8 Å². The number of nitrogen functional groups attached to an aromatic ring is 1. The van der Waals surface area contributed by atoms with E-state index in [9.17, 15) is 0 Å². The van der Waals surface area contributed by atoms with Crippen LogP contribution in [0, 0.1) is 0 Å². The van der Waals surface area contributed by atoms with E-state index in [2.05, 4.69) is 34.2 Å². The molecular formula is C12H15N5S. The Morgan fingerprint density at radius 1 is 1.22 bits per heavy atom. The highest BCUT2D eigenvalue weighted by molar-refractivity contribution is 7.99. The average molecular weight is 261 g/mol. The van der Waals surface area contributed by atoms with Crippen molar-refractivity contribution < 1.29 is 0 Å². The van der Waals surface area contributed by atoms with Gasteiger partial charge in [-0.05, 0) is 18.1 Å². The number of pyridine rings is 1. The summed E-state index contributed by atoms with van der Waals surface area (Å²) in [6.45, 7) is 4.19. The van der Waals surface area contributed by atoms with E-state index in [0.717, 1.165) is 15.5 Å². The largest absolute Gasteiger partial charge is 0.308 e. The van der Waals surface area contributed by atoms with Crippen LogP contribution in [0.4, 0.5) is 5.82 Å². The number of rotatable bonds is 4. The van der Waals surface area contributed by atoms with E-state index in [0.29, 0.717) is 11.7 Å². The number of hydrogen-bond acceptors (Lipinski definition) is 6. The zero-order chi connectivity index (χ0) is 13.0. The predicted molar refractivity (Wildman–Crippen MR) is 72.3 cm³/mol. The van der Waals surface area contributed by atoms with Crippen LogP contribution >= 0.6 is 11.8 Å². The summed E-state index contributed by atoms with van der Waals surface area (Å²) in [5, 5.41) is 0.916. The Kier molecular flexibility index (Phi) is 4.11. The molecule has 0 amide bonds. The maximum absolute atomic E-state index is 5.49. The third kappa shape index (κ3) is 2.77. The van der Waals surface area contributed by atoms with Crippen LogP contribution in [-0.2, 0) is 0 Å². The number of hydrogen-bond donors (Lipinski definition) is 2. The number of nitrogens with one attached hydrogen (secondary N) is 1. The van der Waals surface area contributed by atoms with Crippen molar-refractivity contribution in [1.82, 2.24) is 15.0 Å². The van der Waals surface area contributed by atoms with E-state index in [1.807, 2.05) is 12.1 Å². The first kappa shape index (κ1) is 12.8. The van der Waals surface area contributed by atoms with E-state index in [-0.39, 0.29) is 0 Å². The molecule has 0 spiro atoms. The van der Waals surface area contributed by atoms with Crippen LogP contribution in [0.1, 0.15) is 25.3 Å². The van der Waals surface area contributed by atoms with Crippen molar-refractivity contribution in [2.75, 3.05) is 5.43 Å². The van der Waals surface area contributed by atoms with Crippen molar-refractivity contribution in [3.63, 3.8) is 0 Å². The summed E-state index contributed by atoms with van der Waals surface area (Å²) in [5.41, 5.74) is 3.66. The highest BCUT2D eigenvalue weighted by Gasteiger charge is 2.15. The second-order valence-corrected chi connectivity index (χ2v) is 5.09. The smallest absolute Gasteiger partial charge is 0.147 e. The van der Waals surface area contributed by atoms with E-state index in [4.69, 9.17) is 5.84 Å². The van der Waals surface area contributed by atoms with Gasteiger partial charge in [0, 0.05) is 22.9 Å². The standard InChI is InChI=1S/C12H15N5S/c1-8(2)10-11(17-13)15-7-16-12(10)18-9-3-5-14-6-4-9/h3-8H,13H2,1-2H3,(H,15,16,17). The van der Waals surface area contributed by atoms with Gasteiger partial charge in [0.25, 0.3) is 0 Å². The monoisotopic (exact) mass is 261 g/mol. The Balaban J connectivity index is 2.38. The summed E-state index contributed by atoms with van der Waals surface area (Å²) in [5.74, 6) is 6.46. The number of nitrogens with two attached hydrogens (primary N) is 1. The Labute approximate surface area is 110 Å². The molecule has 2 rings (SSSR count). The van der Waals surface area contributed by atoms with Gasteiger partial charge in [0.2, 0.25) is 0 Å². The van der Waals surface area contributed by atoms with Crippen molar-refractivity contribution in [1.29, 1.82) is 0 Å². The molecule has 3 N–H and O–H groups in total. The first-order valence-corrected chi connectivity index (χ1v) is 6.43. The molecule has 0 fully saturated rings. The lowest BCUT2D eigenvalue weighted by molar-refractivity contribution is 0.804. The molecule has 0 aliphatic rings. The summed E-state index contributed by atoms with van der Waals surface area (Å²) in [6, 6.07) is 3.90. The molecule has 0 radical (unpaired) electrons. The van der Waals surface area contributed by atoms with E-state index >= 15 is 0 Å². The molecule has 5 nitrogen and oxygen atoms in total. The molecule has 0 aromatic carbocycles. The number of hydrazine groups is 1. The summed E-state index contributed by atoms with van der Waals surface area (Å²) in [7, 11) is 0. The number of aromatic nitrogens is 3. The van der Waals surface area contributed by atoms with Crippen molar-refractivity contribution in [2.45, 2.75) is 29.7 Å². The molecule has 0 aliphatic heterocycles. The maximum atomic E-state index is 5.49. The number of nitrogens with zero attached hydrogens (tertiary/aromatic N) is 3.